The highest BCUT2D eigenvalue weighted by Gasteiger charge is 2.28. The second-order valence-corrected chi connectivity index (χ2v) is 6.52. The first-order valence-corrected chi connectivity index (χ1v) is 8.85. The van der Waals surface area contributed by atoms with Crippen molar-refractivity contribution >= 4 is 17.6 Å². The van der Waals surface area contributed by atoms with E-state index in [9.17, 15) is 4.79 Å². The molecule has 0 aliphatic carbocycles. The third-order valence-electron chi connectivity index (χ3n) is 3.41. The number of anilines is 1. The Kier molecular flexibility index (Phi) is 6.72. The second kappa shape index (κ2) is 8.55. The zero-order valence-corrected chi connectivity index (χ0v) is 14.3. The molecule has 2 rings (SSSR count). The van der Waals surface area contributed by atoms with Gasteiger partial charge in [-0.25, -0.2) is 4.79 Å². The Morgan fingerprint density at radius 2 is 2.32 bits per heavy atom. The molecule has 0 radical (unpaired) electrons. The number of thioether (sulfide) groups is 1. The topological polar surface area (TPSA) is 56.6 Å². The Morgan fingerprint density at radius 3 is 3.00 bits per heavy atom. The maximum atomic E-state index is 12.2. The van der Waals surface area contributed by atoms with E-state index >= 15 is 0 Å². The van der Waals surface area contributed by atoms with E-state index in [-0.39, 0.29) is 17.4 Å². The lowest BCUT2D eigenvalue weighted by Gasteiger charge is -2.19. The minimum Gasteiger partial charge on any atom is -0.378 e. The summed E-state index contributed by atoms with van der Waals surface area (Å²) in [5, 5.41) is 0. The maximum Gasteiger partial charge on any atom is 0.351 e. The molecule has 1 aliphatic heterocycles. The van der Waals surface area contributed by atoms with Crippen LogP contribution in [-0.4, -0.2) is 47.5 Å². The van der Waals surface area contributed by atoms with Gasteiger partial charge in [0.05, 0.1) is 6.61 Å². The van der Waals surface area contributed by atoms with Crippen LogP contribution in [0.3, 0.4) is 0 Å². The lowest BCUT2D eigenvalue weighted by atomic mass is 10.4. The lowest BCUT2D eigenvalue weighted by molar-refractivity contribution is -0.0245. The third kappa shape index (κ3) is 4.47. The molecule has 0 bridgehead atoms. The van der Waals surface area contributed by atoms with Gasteiger partial charge in [-0.1, -0.05) is 13.8 Å². The summed E-state index contributed by atoms with van der Waals surface area (Å²) in [6, 6.07) is 1.87. The van der Waals surface area contributed by atoms with Gasteiger partial charge in [0.2, 0.25) is 0 Å². The van der Waals surface area contributed by atoms with Crippen molar-refractivity contribution in [2.45, 2.75) is 38.4 Å². The van der Waals surface area contributed by atoms with Gasteiger partial charge in [0.1, 0.15) is 17.5 Å². The first-order chi connectivity index (χ1) is 10.7. The monoisotopic (exact) mass is 327 g/mol. The van der Waals surface area contributed by atoms with Gasteiger partial charge in [0, 0.05) is 32.1 Å². The van der Waals surface area contributed by atoms with Crippen LogP contribution in [0, 0.1) is 0 Å². The Bertz CT molecular complexity index is 523. The van der Waals surface area contributed by atoms with Crippen molar-refractivity contribution in [1.29, 1.82) is 0 Å². The molecule has 0 amide bonds. The fourth-order valence-corrected chi connectivity index (χ4v) is 3.30. The summed E-state index contributed by atoms with van der Waals surface area (Å²) in [5.41, 5.74) is -0.271. The molecular formula is C15H25N3O3S. The van der Waals surface area contributed by atoms with Crippen LogP contribution in [-0.2, 0) is 9.47 Å². The largest absolute Gasteiger partial charge is 0.378 e. The lowest BCUT2D eigenvalue weighted by Crippen LogP contribution is -2.31. The number of nitrogens with zero attached hydrogens (tertiary/aromatic N) is 3. The van der Waals surface area contributed by atoms with E-state index in [1.165, 1.54) is 0 Å². The van der Waals surface area contributed by atoms with Crippen LogP contribution in [0.25, 0.3) is 0 Å². The minimum atomic E-state index is -0.263. The smallest absolute Gasteiger partial charge is 0.351 e. The van der Waals surface area contributed by atoms with Crippen molar-refractivity contribution in [3.05, 3.63) is 22.7 Å². The van der Waals surface area contributed by atoms with Crippen molar-refractivity contribution in [2.75, 3.05) is 37.5 Å². The van der Waals surface area contributed by atoms with Gasteiger partial charge in [0.25, 0.3) is 0 Å². The molecule has 6 nitrogen and oxygen atoms in total. The number of rotatable bonds is 8. The Morgan fingerprint density at radius 1 is 1.50 bits per heavy atom. The van der Waals surface area contributed by atoms with Crippen LogP contribution >= 0.6 is 11.8 Å². The first kappa shape index (κ1) is 17.3. The van der Waals surface area contributed by atoms with E-state index in [0.29, 0.717) is 12.4 Å². The van der Waals surface area contributed by atoms with E-state index < -0.39 is 0 Å². The molecular weight excluding hydrogens is 302 g/mol. The second-order valence-electron chi connectivity index (χ2n) is 5.33. The zero-order valence-electron chi connectivity index (χ0n) is 13.5. The van der Waals surface area contributed by atoms with Crippen LogP contribution in [0.4, 0.5) is 5.82 Å². The highest BCUT2D eigenvalue weighted by molar-refractivity contribution is 8.00. The summed E-state index contributed by atoms with van der Waals surface area (Å²) in [6.07, 6.45) is 3.53. The molecule has 124 valence electrons. The van der Waals surface area contributed by atoms with Crippen molar-refractivity contribution in [3.8, 4) is 0 Å². The molecule has 1 fully saturated rings. The van der Waals surface area contributed by atoms with Gasteiger partial charge < -0.3 is 14.4 Å². The van der Waals surface area contributed by atoms with Gasteiger partial charge in [-0.2, -0.15) is 4.98 Å². The van der Waals surface area contributed by atoms with Gasteiger partial charge >= 0.3 is 5.69 Å². The average Bonchev–Trinajstić information content (AvgIpc) is 2.96. The molecule has 0 N–H and O–H groups in total. The summed E-state index contributed by atoms with van der Waals surface area (Å²) >= 11 is 1.68. The number of ether oxygens (including phenoxy) is 2. The van der Waals surface area contributed by atoms with Gasteiger partial charge in [-0.15, -0.1) is 11.8 Å². The van der Waals surface area contributed by atoms with Crippen molar-refractivity contribution in [3.63, 3.8) is 0 Å². The highest BCUT2D eigenvalue weighted by Crippen LogP contribution is 2.31. The van der Waals surface area contributed by atoms with E-state index in [2.05, 4.69) is 18.8 Å². The van der Waals surface area contributed by atoms with E-state index in [1.54, 1.807) is 22.5 Å². The van der Waals surface area contributed by atoms with Crippen LogP contribution in [0.2, 0.25) is 0 Å². The highest BCUT2D eigenvalue weighted by atomic mass is 32.2. The number of hydrogen-bond donors (Lipinski definition) is 0. The predicted molar refractivity (Wildman–Crippen MR) is 89.5 cm³/mol. The fraction of sp³-hybridized carbons (Fsp3) is 0.733. The van der Waals surface area contributed by atoms with Crippen LogP contribution in [0.15, 0.2) is 17.1 Å². The molecule has 1 aliphatic rings. The van der Waals surface area contributed by atoms with E-state index in [4.69, 9.17) is 9.47 Å². The molecule has 1 aromatic heterocycles. The molecule has 0 unspecified atom stereocenters. The van der Waals surface area contributed by atoms with Crippen molar-refractivity contribution in [1.82, 2.24) is 9.55 Å². The Labute approximate surface area is 135 Å². The molecule has 2 heterocycles. The SMILES string of the molecule is CCCOC[C@H]1O[C@@H](n2ccc(N(C)CCC)nc2=O)CS1. The first-order valence-electron chi connectivity index (χ1n) is 7.80. The summed E-state index contributed by atoms with van der Waals surface area (Å²) in [6.45, 7) is 6.36. The maximum absolute atomic E-state index is 12.2. The zero-order chi connectivity index (χ0) is 15.9. The summed E-state index contributed by atoms with van der Waals surface area (Å²) < 4.78 is 12.9. The van der Waals surface area contributed by atoms with Crippen LogP contribution in [0.1, 0.15) is 32.9 Å². The normalized spacial score (nSPS) is 21.2. The third-order valence-corrected chi connectivity index (χ3v) is 4.51. The van der Waals surface area contributed by atoms with Crippen LogP contribution in [0.5, 0.6) is 0 Å². The minimum absolute atomic E-state index is 0.00843. The molecule has 0 aromatic carbocycles. The molecule has 0 saturated carbocycles. The molecule has 1 saturated heterocycles. The number of hydrogen-bond acceptors (Lipinski definition) is 6. The van der Waals surface area contributed by atoms with Crippen molar-refractivity contribution < 1.29 is 9.47 Å². The summed E-state index contributed by atoms with van der Waals surface area (Å²) in [7, 11) is 1.94. The number of aromatic nitrogens is 2. The molecule has 22 heavy (non-hydrogen) atoms. The molecule has 7 heteroatoms. The Hall–Kier alpha value is -1.05. The van der Waals surface area contributed by atoms with Crippen LogP contribution < -0.4 is 10.6 Å². The van der Waals surface area contributed by atoms with Gasteiger partial charge in [0.15, 0.2) is 0 Å². The quantitative estimate of drug-likeness (QED) is 0.682. The molecule has 1 aromatic rings. The summed E-state index contributed by atoms with van der Waals surface area (Å²) in [5.74, 6) is 1.45. The Balaban J connectivity index is 1.97. The fourth-order valence-electron chi connectivity index (χ4n) is 2.29. The van der Waals surface area contributed by atoms with Gasteiger partial charge in [-0.05, 0) is 18.9 Å². The van der Waals surface area contributed by atoms with Gasteiger partial charge in [-0.3, -0.25) is 4.57 Å². The van der Waals surface area contributed by atoms with E-state index in [0.717, 1.165) is 31.7 Å². The van der Waals surface area contributed by atoms with Crippen molar-refractivity contribution in [2.24, 2.45) is 0 Å². The summed E-state index contributed by atoms with van der Waals surface area (Å²) in [4.78, 5) is 18.3. The predicted octanol–water partition coefficient (Wildman–Crippen LogP) is 2.10. The standard InChI is InChI=1S/C15H25N3O3S/c1-4-7-17(3)12-6-8-18(15(19)16-12)13-11-22-14(21-13)10-20-9-5-2/h6,8,13-14H,4-5,7,9-11H2,1-3H3/t13-,14+/m1/s1. The average molecular weight is 327 g/mol. The van der Waals surface area contributed by atoms with E-state index in [1.807, 2.05) is 18.0 Å². The molecule has 0 spiro atoms. The molecule has 2 atom stereocenters.